The molecular formula is C13H26O3. The van der Waals surface area contributed by atoms with Gasteiger partial charge in [0.15, 0.2) is 0 Å². The Bertz CT molecular complexity index is 204. The third-order valence-corrected chi connectivity index (χ3v) is 2.65. The van der Waals surface area contributed by atoms with Crippen molar-refractivity contribution >= 4 is 5.97 Å². The van der Waals surface area contributed by atoms with E-state index in [1.54, 1.807) is 0 Å². The molecule has 0 radical (unpaired) electrons. The van der Waals surface area contributed by atoms with Crippen LogP contribution in [0.5, 0.6) is 0 Å². The Labute approximate surface area is 99.2 Å². The first-order chi connectivity index (χ1) is 7.28. The van der Waals surface area contributed by atoms with Crippen LogP contribution in [0.4, 0.5) is 0 Å². The van der Waals surface area contributed by atoms with Crippen molar-refractivity contribution in [3.8, 4) is 0 Å². The molecule has 0 aliphatic carbocycles. The highest BCUT2D eigenvalue weighted by Crippen LogP contribution is 2.27. The fourth-order valence-corrected chi connectivity index (χ4v) is 1.57. The van der Waals surface area contributed by atoms with Crippen molar-refractivity contribution in [2.75, 3.05) is 13.2 Å². The van der Waals surface area contributed by atoms with Crippen molar-refractivity contribution in [1.29, 1.82) is 0 Å². The van der Waals surface area contributed by atoms with Gasteiger partial charge in [-0.2, -0.15) is 0 Å². The average Bonchev–Trinajstić information content (AvgIpc) is 2.12. The van der Waals surface area contributed by atoms with Crippen LogP contribution in [0.3, 0.4) is 0 Å². The lowest BCUT2D eigenvalue weighted by atomic mass is 9.83. The second kappa shape index (κ2) is 6.89. The van der Waals surface area contributed by atoms with Crippen LogP contribution in [0.2, 0.25) is 0 Å². The lowest BCUT2D eigenvalue weighted by molar-refractivity contribution is -0.151. The minimum absolute atomic E-state index is 0.0502. The average molecular weight is 230 g/mol. The highest BCUT2D eigenvalue weighted by Gasteiger charge is 2.25. The number of aliphatic hydroxyl groups excluding tert-OH is 1. The zero-order valence-electron chi connectivity index (χ0n) is 11.2. The monoisotopic (exact) mass is 230 g/mol. The molecule has 0 bridgehead atoms. The highest BCUT2D eigenvalue weighted by atomic mass is 16.5. The largest absolute Gasteiger partial charge is 0.463 e. The Morgan fingerprint density at radius 2 is 1.88 bits per heavy atom. The quantitative estimate of drug-likeness (QED) is 0.713. The first-order valence-corrected chi connectivity index (χ1v) is 6.05. The van der Waals surface area contributed by atoms with Crippen molar-refractivity contribution in [3.05, 3.63) is 0 Å². The molecule has 3 nitrogen and oxygen atoms in total. The molecule has 0 fully saturated rings. The molecule has 0 aliphatic rings. The van der Waals surface area contributed by atoms with Gasteiger partial charge in [-0.05, 0) is 24.2 Å². The zero-order chi connectivity index (χ0) is 12.8. The van der Waals surface area contributed by atoms with E-state index in [0.29, 0.717) is 0 Å². The fraction of sp³-hybridized carbons (Fsp3) is 0.923. The predicted octanol–water partition coefficient (Wildman–Crippen LogP) is 2.62. The van der Waals surface area contributed by atoms with Gasteiger partial charge in [-0.3, -0.25) is 4.79 Å². The second-order valence-corrected chi connectivity index (χ2v) is 5.84. The maximum Gasteiger partial charge on any atom is 0.309 e. The van der Waals surface area contributed by atoms with Crippen LogP contribution in [0.15, 0.2) is 0 Å². The Hall–Kier alpha value is -0.570. The van der Waals surface area contributed by atoms with Gasteiger partial charge < -0.3 is 9.84 Å². The number of carbonyl (C=O) groups excluding carboxylic acids is 1. The Morgan fingerprint density at radius 3 is 2.25 bits per heavy atom. The second-order valence-electron chi connectivity index (χ2n) is 5.84. The summed E-state index contributed by atoms with van der Waals surface area (Å²) in [6.07, 6.45) is 1.86. The van der Waals surface area contributed by atoms with Gasteiger partial charge in [-0.15, -0.1) is 0 Å². The van der Waals surface area contributed by atoms with Gasteiger partial charge >= 0.3 is 5.97 Å². The molecule has 0 aliphatic heterocycles. The van der Waals surface area contributed by atoms with Crippen LogP contribution in [0.25, 0.3) is 0 Å². The van der Waals surface area contributed by atoms with Gasteiger partial charge in [0.1, 0.15) is 6.61 Å². The first kappa shape index (κ1) is 15.4. The molecule has 0 saturated heterocycles. The molecule has 96 valence electrons. The lowest BCUT2D eigenvalue weighted by Gasteiger charge is -2.24. The van der Waals surface area contributed by atoms with Gasteiger partial charge in [0.25, 0.3) is 0 Å². The topological polar surface area (TPSA) is 46.5 Å². The van der Waals surface area contributed by atoms with Gasteiger partial charge in [-0.25, -0.2) is 0 Å². The summed E-state index contributed by atoms with van der Waals surface area (Å²) in [6, 6.07) is 0. The van der Waals surface area contributed by atoms with Crippen LogP contribution in [-0.2, 0) is 9.53 Å². The minimum atomic E-state index is -0.173. The van der Waals surface area contributed by atoms with Crippen molar-refractivity contribution in [3.63, 3.8) is 0 Å². The van der Waals surface area contributed by atoms with E-state index in [-0.39, 0.29) is 36.4 Å². The molecule has 16 heavy (non-hydrogen) atoms. The molecule has 0 aromatic rings. The van der Waals surface area contributed by atoms with Crippen LogP contribution in [0, 0.1) is 17.3 Å². The van der Waals surface area contributed by atoms with E-state index in [1.165, 1.54) is 0 Å². The summed E-state index contributed by atoms with van der Waals surface area (Å²) in [5, 5.41) is 8.62. The van der Waals surface area contributed by atoms with E-state index in [9.17, 15) is 4.79 Å². The van der Waals surface area contributed by atoms with Crippen LogP contribution in [-0.4, -0.2) is 24.3 Å². The van der Waals surface area contributed by atoms with Crippen molar-refractivity contribution < 1.29 is 14.6 Å². The molecule has 0 aromatic heterocycles. The minimum Gasteiger partial charge on any atom is -0.463 e. The van der Waals surface area contributed by atoms with Crippen LogP contribution >= 0.6 is 0 Å². The van der Waals surface area contributed by atoms with Gasteiger partial charge in [0.2, 0.25) is 0 Å². The molecule has 0 heterocycles. The van der Waals surface area contributed by atoms with E-state index >= 15 is 0 Å². The molecular weight excluding hydrogens is 204 g/mol. The summed E-state index contributed by atoms with van der Waals surface area (Å²) in [6.45, 7) is 10.6. The molecule has 1 atom stereocenters. The predicted molar refractivity (Wildman–Crippen MR) is 65.1 cm³/mol. The normalized spacial score (nSPS) is 13.9. The molecule has 1 N–H and O–H groups in total. The van der Waals surface area contributed by atoms with Gasteiger partial charge in [-0.1, -0.05) is 34.6 Å². The molecule has 0 saturated carbocycles. The third kappa shape index (κ3) is 6.83. The van der Waals surface area contributed by atoms with Gasteiger partial charge in [0.05, 0.1) is 12.5 Å². The zero-order valence-corrected chi connectivity index (χ0v) is 11.2. The molecule has 1 unspecified atom stereocenters. The fourth-order valence-electron chi connectivity index (χ4n) is 1.57. The Balaban J connectivity index is 4.22. The van der Waals surface area contributed by atoms with E-state index in [4.69, 9.17) is 9.84 Å². The Morgan fingerprint density at radius 1 is 1.31 bits per heavy atom. The SMILES string of the molecule is CC(C)C(CCC(C)(C)C)C(=O)OCCO. The molecule has 0 aromatic carbocycles. The number of hydrogen-bond acceptors (Lipinski definition) is 3. The first-order valence-electron chi connectivity index (χ1n) is 6.05. The van der Waals surface area contributed by atoms with Crippen molar-refractivity contribution in [2.45, 2.75) is 47.5 Å². The van der Waals surface area contributed by atoms with E-state index in [1.807, 2.05) is 13.8 Å². The number of ether oxygens (including phenoxy) is 1. The summed E-state index contributed by atoms with van der Waals surface area (Å²) in [5.41, 5.74) is 0.240. The third-order valence-electron chi connectivity index (χ3n) is 2.65. The van der Waals surface area contributed by atoms with E-state index < -0.39 is 0 Å². The number of esters is 1. The molecule has 0 rings (SSSR count). The van der Waals surface area contributed by atoms with E-state index in [0.717, 1.165) is 12.8 Å². The van der Waals surface area contributed by atoms with Crippen LogP contribution in [0.1, 0.15) is 47.5 Å². The molecule has 0 spiro atoms. The smallest absolute Gasteiger partial charge is 0.309 e. The number of hydrogen-bond donors (Lipinski definition) is 1. The van der Waals surface area contributed by atoms with Gasteiger partial charge in [0, 0.05) is 0 Å². The highest BCUT2D eigenvalue weighted by molar-refractivity contribution is 5.72. The van der Waals surface area contributed by atoms with Crippen molar-refractivity contribution in [2.24, 2.45) is 17.3 Å². The summed E-state index contributed by atoms with van der Waals surface area (Å²) in [5.74, 6) is 0.0626. The number of rotatable bonds is 6. The lowest BCUT2D eigenvalue weighted by Crippen LogP contribution is -2.25. The summed E-state index contributed by atoms with van der Waals surface area (Å²) in [7, 11) is 0. The summed E-state index contributed by atoms with van der Waals surface area (Å²) < 4.78 is 4.99. The molecule has 3 heteroatoms. The number of aliphatic hydroxyl groups is 1. The standard InChI is InChI=1S/C13H26O3/c1-10(2)11(6-7-13(3,4)5)12(15)16-9-8-14/h10-11,14H,6-9H2,1-5H3. The maximum atomic E-state index is 11.7. The summed E-state index contributed by atoms with van der Waals surface area (Å²) in [4.78, 5) is 11.7. The molecule has 0 amide bonds. The van der Waals surface area contributed by atoms with Crippen molar-refractivity contribution in [1.82, 2.24) is 0 Å². The van der Waals surface area contributed by atoms with Crippen LogP contribution < -0.4 is 0 Å². The Kier molecular flexibility index (Phi) is 6.65. The van der Waals surface area contributed by atoms with E-state index in [2.05, 4.69) is 20.8 Å². The number of carbonyl (C=O) groups is 1. The maximum absolute atomic E-state index is 11.7. The summed E-state index contributed by atoms with van der Waals surface area (Å²) >= 11 is 0.